The zero-order chi connectivity index (χ0) is 25.9. The number of carbonyl (C=O) groups excluding carboxylic acids is 1. The predicted molar refractivity (Wildman–Crippen MR) is 150 cm³/mol. The molecule has 0 saturated carbocycles. The number of H-pyrrole nitrogens is 1. The first-order chi connectivity index (χ1) is 18.0. The van der Waals surface area contributed by atoms with Gasteiger partial charge in [0, 0.05) is 61.6 Å². The van der Waals surface area contributed by atoms with E-state index >= 15 is 0 Å². The Balaban J connectivity index is 1.42. The van der Waals surface area contributed by atoms with E-state index < -0.39 is 0 Å². The van der Waals surface area contributed by atoms with Gasteiger partial charge in [0.1, 0.15) is 5.69 Å². The molecule has 2 saturated heterocycles. The van der Waals surface area contributed by atoms with E-state index in [1.807, 2.05) is 37.3 Å². The van der Waals surface area contributed by atoms with Crippen LogP contribution in [0.2, 0.25) is 0 Å². The van der Waals surface area contributed by atoms with Crippen molar-refractivity contribution in [1.29, 1.82) is 0 Å². The number of ether oxygens (including phenoxy) is 1. The minimum atomic E-state index is -0.328. The maximum Gasteiger partial charge on any atom is 0.272 e. The molecule has 8 heteroatoms. The fraction of sp³-hybridized carbons (Fsp3) is 0.448. The van der Waals surface area contributed by atoms with Gasteiger partial charge in [-0.2, -0.15) is 0 Å². The van der Waals surface area contributed by atoms with Gasteiger partial charge in [-0.25, -0.2) is 0 Å². The van der Waals surface area contributed by atoms with Crippen molar-refractivity contribution in [3.63, 3.8) is 0 Å². The number of hydrogen-bond acceptors (Lipinski definition) is 6. The summed E-state index contributed by atoms with van der Waals surface area (Å²) < 4.78 is 5.43. The van der Waals surface area contributed by atoms with Crippen LogP contribution in [0, 0.1) is 6.92 Å². The molecule has 196 valence electrons. The first-order valence-electron chi connectivity index (χ1n) is 13.4. The average Bonchev–Trinajstić information content (AvgIpc) is 3.39. The molecule has 2 aliphatic rings. The Morgan fingerprint density at radius 1 is 1.11 bits per heavy atom. The first kappa shape index (κ1) is 25.3. The van der Waals surface area contributed by atoms with Crippen LogP contribution >= 0.6 is 0 Å². The lowest BCUT2D eigenvalue weighted by Gasteiger charge is -2.31. The number of aromatic amines is 1. The number of aryl methyl sites for hydroxylation is 1. The molecule has 3 heterocycles. The molecule has 2 aliphatic heterocycles. The number of carbonyl (C=O) groups is 1. The van der Waals surface area contributed by atoms with Crippen molar-refractivity contribution in [2.75, 3.05) is 67.6 Å². The Kier molecular flexibility index (Phi) is 7.48. The number of aromatic nitrogens is 1. The normalized spacial score (nSPS) is 18.4. The average molecular weight is 504 g/mol. The van der Waals surface area contributed by atoms with Gasteiger partial charge in [0.25, 0.3) is 5.91 Å². The van der Waals surface area contributed by atoms with E-state index in [0.717, 1.165) is 81.4 Å². The Bertz CT molecular complexity index is 1310. The Morgan fingerprint density at radius 2 is 1.86 bits per heavy atom. The topological polar surface area (TPSA) is 80.9 Å². The maximum absolute atomic E-state index is 13.2. The van der Waals surface area contributed by atoms with E-state index in [1.54, 1.807) is 0 Å². The molecule has 0 aliphatic carbocycles. The summed E-state index contributed by atoms with van der Waals surface area (Å²) in [6, 6.07) is 13.6. The Labute approximate surface area is 218 Å². The molecule has 2 N–H and O–H groups in total. The predicted octanol–water partition coefficient (Wildman–Crippen LogP) is 3.85. The Morgan fingerprint density at radius 3 is 2.54 bits per heavy atom. The number of benzene rings is 2. The van der Waals surface area contributed by atoms with Crippen LogP contribution in [0.3, 0.4) is 0 Å². The second-order valence-electron chi connectivity index (χ2n) is 9.98. The summed E-state index contributed by atoms with van der Waals surface area (Å²) in [6.07, 6.45) is 1.09. The van der Waals surface area contributed by atoms with Crippen molar-refractivity contribution >= 4 is 33.9 Å². The number of pyridine rings is 1. The highest BCUT2D eigenvalue weighted by atomic mass is 16.5. The van der Waals surface area contributed by atoms with E-state index in [-0.39, 0.29) is 17.0 Å². The van der Waals surface area contributed by atoms with Crippen LogP contribution in [0.1, 0.15) is 36.3 Å². The molecular weight excluding hydrogens is 466 g/mol. The third kappa shape index (κ3) is 5.36. The van der Waals surface area contributed by atoms with Gasteiger partial charge in [-0.05, 0) is 68.8 Å². The molecule has 1 amide bonds. The van der Waals surface area contributed by atoms with E-state index in [9.17, 15) is 9.59 Å². The number of likely N-dealkylation sites (tertiary alicyclic amines) is 1. The van der Waals surface area contributed by atoms with Gasteiger partial charge >= 0.3 is 0 Å². The second-order valence-corrected chi connectivity index (χ2v) is 9.98. The van der Waals surface area contributed by atoms with Crippen molar-refractivity contribution in [3.05, 3.63) is 63.9 Å². The van der Waals surface area contributed by atoms with Crippen molar-refractivity contribution in [2.45, 2.75) is 33.2 Å². The Hall–Kier alpha value is -3.36. The fourth-order valence-electron chi connectivity index (χ4n) is 5.58. The molecule has 1 atom stereocenters. The summed E-state index contributed by atoms with van der Waals surface area (Å²) >= 11 is 0. The van der Waals surface area contributed by atoms with Crippen LogP contribution in [-0.2, 0) is 4.74 Å². The molecule has 8 nitrogen and oxygen atoms in total. The molecule has 2 aromatic carbocycles. The zero-order valence-corrected chi connectivity index (χ0v) is 22.0. The summed E-state index contributed by atoms with van der Waals surface area (Å²) in [5.41, 5.74) is 4.65. The molecule has 3 aromatic rings. The quantitative estimate of drug-likeness (QED) is 0.510. The molecular formula is C29H37N5O3. The van der Waals surface area contributed by atoms with Crippen LogP contribution in [0.5, 0.6) is 0 Å². The lowest BCUT2D eigenvalue weighted by molar-refractivity contribution is 0.102. The third-order valence-electron chi connectivity index (χ3n) is 7.59. The van der Waals surface area contributed by atoms with Gasteiger partial charge in [0.15, 0.2) is 5.43 Å². The minimum absolute atomic E-state index is 0.149. The van der Waals surface area contributed by atoms with Gasteiger partial charge in [-0.1, -0.05) is 6.92 Å². The van der Waals surface area contributed by atoms with Crippen molar-refractivity contribution < 1.29 is 9.53 Å². The molecule has 0 spiro atoms. The number of amides is 1. The molecule has 0 radical (unpaired) electrons. The van der Waals surface area contributed by atoms with E-state index in [1.165, 1.54) is 6.07 Å². The van der Waals surface area contributed by atoms with Gasteiger partial charge in [-0.3, -0.25) is 9.59 Å². The van der Waals surface area contributed by atoms with E-state index in [2.05, 4.69) is 44.9 Å². The highest BCUT2D eigenvalue weighted by molar-refractivity contribution is 6.05. The summed E-state index contributed by atoms with van der Waals surface area (Å²) in [6.45, 7) is 13.5. The van der Waals surface area contributed by atoms with Crippen LogP contribution in [0.25, 0.3) is 10.9 Å². The van der Waals surface area contributed by atoms with Gasteiger partial charge in [0.2, 0.25) is 0 Å². The molecule has 2 fully saturated rings. The monoisotopic (exact) mass is 503 g/mol. The van der Waals surface area contributed by atoms with E-state index in [0.29, 0.717) is 17.1 Å². The van der Waals surface area contributed by atoms with Gasteiger partial charge in [0.05, 0.1) is 24.4 Å². The SMILES string of the molecule is CCN1CCC(N(CC)c2cc(C)cc3c(=O)cc(C(=O)Nc4ccc(N5CCOCC5)cc4)[nH]c23)C1. The smallest absolute Gasteiger partial charge is 0.272 e. The van der Waals surface area contributed by atoms with Crippen molar-refractivity contribution in [2.24, 2.45) is 0 Å². The van der Waals surface area contributed by atoms with E-state index in [4.69, 9.17) is 4.74 Å². The van der Waals surface area contributed by atoms with Gasteiger partial charge in [-0.15, -0.1) is 0 Å². The molecule has 1 aromatic heterocycles. The van der Waals surface area contributed by atoms with Crippen LogP contribution in [0.4, 0.5) is 17.1 Å². The number of anilines is 3. The fourth-order valence-corrected chi connectivity index (χ4v) is 5.58. The van der Waals surface area contributed by atoms with Crippen LogP contribution in [0.15, 0.2) is 47.3 Å². The molecule has 5 rings (SSSR count). The standard InChI is InChI=1S/C29H37N5O3/c1-4-32-11-10-23(19-32)34(5-2)26-17-20(3)16-24-27(35)18-25(31-28(24)26)29(36)30-21-6-8-22(9-7-21)33-12-14-37-15-13-33/h6-9,16-18,23H,4-5,10-15,19H2,1-3H3,(H,30,36)(H,31,35). The highest BCUT2D eigenvalue weighted by Crippen LogP contribution is 2.30. The summed E-state index contributed by atoms with van der Waals surface area (Å²) in [4.78, 5) is 36.8. The number of rotatable bonds is 7. The zero-order valence-electron chi connectivity index (χ0n) is 22.0. The van der Waals surface area contributed by atoms with Crippen LogP contribution in [-0.4, -0.2) is 74.3 Å². The molecule has 37 heavy (non-hydrogen) atoms. The number of nitrogens with zero attached hydrogens (tertiary/aromatic N) is 3. The van der Waals surface area contributed by atoms with Crippen molar-refractivity contribution in [3.8, 4) is 0 Å². The number of hydrogen-bond donors (Lipinski definition) is 2. The lowest BCUT2D eigenvalue weighted by Crippen LogP contribution is -2.38. The van der Waals surface area contributed by atoms with Gasteiger partial charge < -0.3 is 29.7 Å². The highest BCUT2D eigenvalue weighted by Gasteiger charge is 2.28. The number of likely N-dealkylation sites (N-methyl/N-ethyl adjacent to an activating group) is 2. The molecule has 1 unspecified atom stereocenters. The maximum atomic E-state index is 13.2. The third-order valence-corrected chi connectivity index (χ3v) is 7.59. The largest absolute Gasteiger partial charge is 0.378 e. The summed E-state index contributed by atoms with van der Waals surface area (Å²) in [5.74, 6) is -0.328. The number of morpholine rings is 1. The first-order valence-corrected chi connectivity index (χ1v) is 13.4. The minimum Gasteiger partial charge on any atom is -0.378 e. The molecule has 0 bridgehead atoms. The second kappa shape index (κ2) is 10.9. The lowest BCUT2D eigenvalue weighted by atomic mass is 10.1. The summed E-state index contributed by atoms with van der Waals surface area (Å²) in [7, 11) is 0. The van der Waals surface area contributed by atoms with Crippen molar-refractivity contribution in [1.82, 2.24) is 9.88 Å². The summed E-state index contributed by atoms with van der Waals surface area (Å²) in [5, 5.41) is 3.57. The number of nitrogens with one attached hydrogen (secondary N) is 2. The van der Waals surface area contributed by atoms with Crippen LogP contribution < -0.4 is 20.5 Å². The number of fused-ring (bicyclic) bond motifs is 1.